The van der Waals surface area contributed by atoms with E-state index >= 15 is 0 Å². The number of halogens is 1. The monoisotopic (exact) mass is 243 g/mol. The molecule has 5 heteroatoms. The van der Waals surface area contributed by atoms with E-state index in [1.54, 1.807) is 6.07 Å². The van der Waals surface area contributed by atoms with Gasteiger partial charge in [0, 0.05) is 11.5 Å². The predicted molar refractivity (Wildman–Crippen MR) is 61.0 cm³/mol. The van der Waals surface area contributed by atoms with Crippen LogP contribution >= 0.6 is 0 Å². The molecule has 0 atom stereocenters. The Hall–Kier alpha value is -2.22. The third kappa shape index (κ3) is 1.66. The van der Waals surface area contributed by atoms with Gasteiger partial charge in [-0.3, -0.25) is 0 Å². The number of hydrogen-bond acceptors (Lipinski definition) is 4. The van der Waals surface area contributed by atoms with Crippen molar-refractivity contribution in [2.75, 3.05) is 0 Å². The maximum Gasteiger partial charge on any atom is 0.230 e. The van der Waals surface area contributed by atoms with Crippen molar-refractivity contribution in [3.63, 3.8) is 0 Å². The first-order chi connectivity index (χ1) is 8.79. The smallest absolute Gasteiger partial charge is 0.230 e. The van der Waals surface area contributed by atoms with Crippen LogP contribution in [0.3, 0.4) is 0 Å². The fraction of sp³-hybridized carbons (Fsp3) is 0.308. The van der Waals surface area contributed by atoms with Gasteiger partial charge in [-0.15, -0.1) is 0 Å². The molecule has 3 rings (SSSR count). The SMILES string of the molecule is N#Cc1c(F)cccc1-c1noc(C2CCC2)n1. The fourth-order valence-electron chi connectivity index (χ4n) is 1.99. The standard InChI is InChI=1S/C13H10FN3O/c14-11-6-2-5-9(10(11)7-15)12-16-13(18-17-12)8-3-1-4-8/h2,5-6,8H,1,3-4H2. The second kappa shape index (κ2) is 4.22. The number of aromatic nitrogens is 2. The van der Waals surface area contributed by atoms with E-state index in [0.717, 1.165) is 12.8 Å². The van der Waals surface area contributed by atoms with Crippen LogP contribution in [0.4, 0.5) is 4.39 Å². The van der Waals surface area contributed by atoms with Crippen LogP contribution in [0, 0.1) is 17.1 Å². The molecule has 0 unspecified atom stereocenters. The molecule has 0 spiro atoms. The minimum atomic E-state index is -0.565. The minimum absolute atomic E-state index is 0.0431. The van der Waals surface area contributed by atoms with E-state index in [9.17, 15) is 4.39 Å². The Morgan fingerprint density at radius 2 is 2.22 bits per heavy atom. The lowest BCUT2D eigenvalue weighted by atomic mass is 9.85. The summed E-state index contributed by atoms with van der Waals surface area (Å²) in [5.74, 6) is 0.632. The number of hydrogen-bond donors (Lipinski definition) is 0. The molecule has 0 aliphatic heterocycles. The largest absolute Gasteiger partial charge is 0.339 e. The maximum atomic E-state index is 13.5. The maximum absolute atomic E-state index is 13.5. The van der Waals surface area contributed by atoms with Crippen molar-refractivity contribution in [1.82, 2.24) is 10.1 Å². The van der Waals surface area contributed by atoms with Gasteiger partial charge in [-0.1, -0.05) is 17.6 Å². The molecule has 1 heterocycles. The van der Waals surface area contributed by atoms with E-state index in [-0.39, 0.29) is 11.4 Å². The fourth-order valence-corrected chi connectivity index (χ4v) is 1.99. The molecular formula is C13H10FN3O. The van der Waals surface area contributed by atoms with E-state index in [1.165, 1.54) is 18.6 Å². The second-order valence-corrected chi connectivity index (χ2v) is 4.36. The summed E-state index contributed by atoms with van der Waals surface area (Å²) >= 11 is 0. The summed E-state index contributed by atoms with van der Waals surface area (Å²) < 4.78 is 18.6. The number of nitriles is 1. The Morgan fingerprint density at radius 1 is 1.39 bits per heavy atom. The van der Waals surface area contributed by atoms with Crippen LogP contribution < -0.4 is 0 Å². The summed E-state index contributed by atoms with van der Waals surface area (Å²) in [6.45, 7) is 0. The van der Waals surface area contributed by atoms with Crippen LogP contribution in [0.1, 0.15) is 36.6 Å². The lowest BCUT2D eigenvalue weighted by Gasteiger charge is -2.20. The van der Waals surface area contributed by atoms with Gasteiger partial charge in [0.2, 0.25) is 11.7 Å². The van der Waals surface area contributed by atoms with Crippen LogP contribution in [0.5, 0.6) is 0 Å². The summed E-state index contributed by atoms with van der Waals surface area (Å²) in [6.07, 6.45) is 3.28. The van der Waals surface area contributed by atoms with Gasteiger partial charge in [-0.05, 0) is 25.0 Å². The first kappa shape index (κ1) is 10.9. The normalized spacial score (nSPS) is 15.1. The summed E-state index contributed by atoms with van der Waals surface area (Å²) in [4.78, 5) is 4.26. The van der Waals surface area contributed by atoms with Crippen LogP contribution in [0.2, 0.25) is 0 Å². The third-order valence-corrected chi connectivity index (χ3v) is 3.26. The number of benzene rings is 1. The van der Waals surface area contributed by atoms with Crippen molar-refractivity contribution in [3.05, 3.63) is 35.5 Å². The van der Waals surface area contributed by atoms with Gasteiger partial charge >= 0.3 is 0 Å². The number of nitrogens with zero attached hydrogens (tertiary/aromatic N) is 3. The lowest BCUT2D eigenvalue weighted by Crippen LogP contribution is -2.08. The zero-order valence-corrected chi connectivity index (χ0v) is 9.56. The molecule has 0 bridgehead atoms. The van der Waals surface area contributed by atoms with Gasteiger partial charge in [0.1, 0.15) is 11.9 Å². The molecule has 0 radical (unpaired) electrons. The first-order valence-corrected chi connectivity index (χ1v) is 5.82. The van der Waals surface area contributed by atoms with E-state index < -0.39 is 5.82 Å². The number of rotatable bonds is 2. The van der Waals surface area contributed by atoms with E-state index in [0.29, 0.717) is 17.4 Å². The van der Waals surface area contributed by atoms with Gasteiger partial charge in [0.15, 0.2) is 0 Å². The summed E-state index contributed by atoms with van der Waals surface area (Å²) in [5.41, 5.74) is 0.338. The van der Waals surface area contributed by atoms with Crippen molar-refractivity contribution in [2.45, 2.75) is 25.2 Å². The molecule has 1 aromatic heterocycles. The molecule has 4 nitrogen and oxygen atoms in total. The van der Waals surface area contributed by atoms with E-state index in [4.69, 9.17) is 9.78 Å². The molecule has 0 N–H and O–H groups in total. The topological polar surface area (TPSA) is 62.7 Å². The van der Waals surface area contributed by atoms with E-state index in [1.807, 2.05) is 6.07 Å². The van der Waals surface area contributed by atoms with Crippen LogP contribution in [0.25, 0.3) is 11.4 Å². The van der Waals surface area contributed by atoms with Crippen LogP contribution in [0.15, 0.2) is 22.7 Å². The van der Waals surface area contributed by atoms with Crippen molar-refractivity contribution < 1.29 is 8.91 Å². The van der Waals surface area contributed by atoms with Gasteiger partial charge < -0.3 is 4.52 Å². The third-order valence-electron chi connectivity index (χ3n) is 3.26. The van der Waals surface area contributed by atoms with E-state index in [2.05, 4.69) is 10.1 Å². The Bertz CT molecular complexity index is 625. The summed E-state index contributed by atoms with van der Waals surface area (Å²) in [6, 6.07) is 6.23. The van der Waals surface area contributed by atoms with Crippen LogP contribution in [-0.2, 0) is 0 Å². The average molecular weight is 243 g/mol. The summed E-state index contributed by atoms with van der Waals surface area (Å²) in [5, 5.41) is 12.8. The molecule has 0 amide bonds. The highest BCUT2D eigenvalue weighted by molar-refractivity contribution is 5.64. The van der Waals surface area contributed by atoms with Crippen LogP contribution in [-0.4, -0.2) is 10.1 Å². The molecule has 18 heavy (non-hydrogen) atoms. The second-order valence-electron chi connectivity index (χ2n) is 4.36. The molecule has 1 aromatic carbocycles. The molecular weight excluding hydrogens is 233 g/mol. The Labute approximate surface area is 103 Å². The zero-order chi connectivity index (χ0) is 12.5. The highest BCUT2D eigenvalue weighted by Gasteiger charge is 2.26. The average Bonchev–Trinajstić information content (AvgIpc) is 2.75. The van der Waals surface area contributed by atoms with Gasteiger partial charge in [0.25, 0.3) is 0 Å². The van der Waals surface area contributed by atoms with Crippen molar-refractivity contribution in [1.29, 1.82) is 5.26 Å². The van der Waals surface area contributed by atoms with Crippen molar-refractivity contribution in [3.8, 4) is 17.5 Å². The van der Waals surface area contributed by atoms with Gasteiger partial charge in [-0.25, -0.2) is 4.39 Å². The molecule has 2 aromatic rings. The summed E-state index contributed by atoms with van der Waals surface area (Å²) in [7, 11) is 0. The Balaban J connectivity index is 2.02. The van der Waals surface area contributed by atoms with Crippen molar-refractivity contribution in [2.24, 2.45) is 0 Å². The lowest BCUT2D eigenvalue weighted by molar-refractivity contribution is 0.292. The first-order valence-electron chi connectivity index (χ1n) is 5.82. The molecule has 0 saturated heterocycles. The molecule has 1 fully saturated rings. The zero-order valence-electron chi connectivity index (χ0n) is 9.56. The Kier molecular flexibility index (Phi) is 2.56. The van der Waals surface area contributed by atoms with Gasteiger partial charge in [-0.2, -0.15) is 10.2 Å². The predicted octanol–water partition coefficient (Wildman–Crippen LogP) is 3.01. The Morgan fingerprint density at radius 3 is 2.89 bits per heavy atom. The highest BCUT2D eigenvalue weighted by Crippen LogP contribution is 2.36. The molecule has 1 aliphatic rings. The molecule has 1 saturated carbocycles. The highest BCUT2D eigenvalue weighted by atomic mass is 19.1. The molecule has 1 aliphatic carbocycles. The van der Waals surface area contributed by atoms with Crippen molar-refractivity contribution >= 4 is 0 Å². The minimum Gasteiger partial charge on any atom is -0.339 e. The van der Waals surface area contributed by atoms with Gasteiger partial charge in [0.05, 0.1) is 5.56 Å². The molecule has 90 valence electrons. The quantitative estimate of drug-likeness (QED) is 0.813.